The molecular weight excluding hydrogens is 198 g/mol. The molecule has 15 heavy (non-hydrogen) atoms. The lowest BCUT2D eigenvalue weighted by atomic mass is 10.2. The standard InChI is InChI=1S/C10H15NO4/c1-4-8(13)6-10(15-7(3)12)11-9(14)5-2/h5,10H,2,4,6H2,1,3H3,(H,11,14). The van der Waals surface area contributed by atoms with Crippen LogP contribution >= 0.6 is 0 Å². The summed E-state index contributed by atoms with van der Waals surface area (Å²) < 4.78 is 4.76. The van der Waals surface area contributed by atoms with Crippen LogP contribution in [0.3, 0.4) is 0 Å². The molecular formula is C10H15NO4. The van der Waals surface area contributed by atoms with Gasteiger partial charge in [-0.25, -0.2) is 0 Å². The number of hydrogen-bond donors (Lipinski definition) is 1. The van der Waals surface area contributed by atoms with E-state index in [1.165, 1.54) is 6.92 Å². The molecule has 0 fully saturated rings. The molecule has 1 unspecified atom stereocenters. The van der Waals surface area contributed by atoms with Crippen LogP contribution in [0.25, 0.3) is 0 Å². The summed E-state index contributed by atoms with van der Waals surface area (Å²) in [7, 11) is 0. The average molecular weight is 213 g/mol. The molecule has 0 aromatic carbocycles. The fraction of sp³-hybridized carbons (Fsp3) is 0.500. The minimum Gasteiger partial charge on any atom is -0.441 e. The highest BCUT2D eigenvalue weighted by molar-refractivity contribution is 5.88. The number of nitrogens with one attached hydrogen (secondary N) is 1. The van der Waals surface area contributed by atoms with E-state index in [9.17, 15) is 14.4 Å². The number of ether oxygens (including phenoxy) is 1. The first-order valence-corrected chi connectivity index (χ1v) is 4.61. The molecule has 84 valence electrons. The van der Waals surface area contributed by atoms with Crippen LogP contribution in [0.2, 0.25) is 0 Å². The van der Waals surface area contributed by atoms with Crippen LogP contribution in [0.5, 0.6) is 0 Å². The highest BCUT2D eigenvalue weighted by Gasteiger charge is 2.16. The highest BCUT2D eigenvalue weighted by Crippen LogP contribution is 1.99. The fourth-order valence-corrected chi connectivity index (χ4v) is 0.891. The van der Waals surface area contributed by atoms with Crippen molar-refractivity contribution in [1.29, 1.82) is 0 Å². The predicted molar refractivity (Wildman–Crippen MR) is 53.8 cm³/mol. The van der Waals surface area contributed by atoms with Crippen LogP contribution in [0.4, 0.5) is 0 Å². The lowest BCUT2D eigenvalue weighted by Gasteiger charge is -2.16. The van der Waals surface area contributed by atoms with E-state index in [4.69, 9.17) is 4.74 Å². The maximum atomic E-state index is 11.1. The molecule has 0 heterocycles. The van der Waals surface area contributed by atoms with Gasteiger partial charge in [0.1, 0.15) is 5.78 Å². The monoisotopic (exact) mass is 213 g/mol. The van der Waals surface area contributed by atoms with Crippen molar-refractivity contribution in [3.63, 3.8) is 0 Å². The van der Waals surface area contributed by atoms with Gasteiger partial charge in [-0.3, -0.25) is 14.4 Å². The summed E-state index contributed by atoms with van der Waals surface area (Å²) in [5.41, 5.74) is 0. The van der Waals surface area contributed by atoms with E-state index in [2.05, 4.69) is 11.9 Å². The molecule has 0 spiro atoms. The number of rotatable bonds is 6. The third kappa shape index (κ3) is 6.42. The van der Waals surface area contributed by atoms with Gasteiger partial charge >= 0.3 is 5.97 Å². The van der Waals surface area contributed by atoms with Crippen LogP contribution in [-0.2, 0) is 19.1 Å². The summed E-state index contributed by atoms with van der Waals surface area (Å²) in [6.07, 6.45) is 0.463. The molecule has 0 saturated carbocycles. The van der Waals surface area contributed by atoms with E-state index in [0.29, 0.717) is 6.42 Å². The Morgan fingerprint density at radius 2 is 2.07 bits per heavy atom. The van der Waals surface area contributed by atoms with Crippen molar-refractivity contribution >= 4 is 17.7 Å². The van der Waals surface area contributed by atoms with Crippen molar-refractivity contribution in [3.8, 4) is 0 Å². The second-order valence-electron chi connectivity index (χ2n) is 2.91. The van der Waals surface area contributed by atoms with Crippen molar-refractivity contribution in [1.82, 2.24) is 5.32 Å². The first kappa shape index (κ1) is 13.4. The molecule has 0 aliphatic heterocycles. The zero-order valence-corrected chi connectivity index (χ0v) is 8.91. The second kappa shape index (κ2) is 6.75. The third-order valence-corrected chi connectivity index (χ3v) is 1.60. The van der Waals surface area contributed by atoms with Crippen LogP contribution in [0, 0.1) is 0 Å². The minimum atomic E-state index is -0.902. The minimum absolute atomic E-state index is 0.0182. The Morgan fingerprint density at radius 3 is 2.47 bits per heavy atom. The molecule has 0 aromatic rings. The normalized spacial score (nSPS) is 11.3. The van der Waals surface area contributed by atoms with Crippen LogP contribution in [0.15, 0.2) is 12.7 Å². The lowest BCUT2D eigenvalue weighted by Crippen LogP contribution is -2.38. The van der Waals surface area contributed by atoms with Gasteiger partial charge in [-0.1, -0.05) is 13.5 Å². The van der Waals surface area contributed by atoms with Gasteiger partial charge in [0.05, 0.1) is 6.42 Å². The van der Waals surface area contributed by atoms with E-state index >= 15 is 0 Å². The number of ketones is 1. The third-order valence-electron chi connectivity index (χ3n) is 1.60. The molecule has 1 atom stereocenters. The van der Waals surface area contributed by atoms with Gasteiger partial charge in [-0.2, -0.15) is 0 Å². The highest BCUT2D eigenvalue weighted by atomic mass is 16.6. The summed E-state index contributed by atoms with van der Waals surface area (Å²) in [4.78, 5) is 32.7. The van der Waals surface area contributed by atoms with E-state index in [0.717, 1.165) is 6.08 Å². The Balaban J connectivity index is 4.29. The van der Waals surface area contributed by atoms with Crippen molar-refractivity contribution in [2.24, 2.45) is 0 Å². The zero-order valence-electron chi connectivity index (χ0n) is 8.91. The van der Waals surface area contributed by atoms with E-state index < -0.39 is 18.1 Å². The number of carbonyl (C=O) groups is 3. The lowest BCUT2D eigenvalue weighted by molar-refractivity contribution is -0.150. The number of hydrogen-bond acceptors (Lipinski definition) is 4. The van der Waals surface area contributed by atoms with Gasteiger partial charge < -0.3 is 10.1 Å². The Labute approximate surface area is 88.5 Å². The molecule has 0 bridgehead atoms. The zero-order chi connectivity index (χ0) is 11.8. The average Bonchev–Trinajstić information content (AvgIpc) is 2.16. The quantitative estimate of drug-likeness (QED) is 0.397. The number of carbonyl (C=O) groups excluding carboxylic acids is 3. The molecule has 0 aromatic heterocycles. The van der Waals surface area contributed by atoms with Gasteiger partial charge in [0.15, 0.2) is 6.23 Å². The maximum Gasteiger partial charge on any atom is 0.304 e. The molecule has 1 N–H and O–H groups in total. The largest absolute Gasteiger partial charge is 0.441 e. The summed E-state index contributed by atoms with van der Waals surface area (Å²) >= 11 is 0. The SMILES string of the molecule is C=CC(=O)NC(CC(=O)CC)OC(C)=O. The molecule has 0 rings (SSSR count). The molecule has 0 aliphatic rings. The Morgan fingerprint density at radius 1 is 1.47 bits per heavy atom. The summed E-state index contributed by atoms with van der Waals surface area (Å²) in [6.45, 7) is 6.16. The molecule has 0 aliphatic carbocycles. The topological polar surface area (TPSA) is 72.5 Å². The van der Waals surface area contributed by atoms with Gasteiger partial charge in [0.25, 0.3) is 0 Å². The van der Waals surface area contributed by atoms with E-state index in [1.54, 1.807) is 6.92 Å². The first-order chi connectivity index (χ1) is 6.99. The van der Waals surface area contributed by atoms with Gasteiger partial charge in [-0.05, 0) is 6.08 Å². The van der Waals surface area contributed by atoms with Crippen LogP contribution in [-0.4, -0.2) is 23.9 Å². The fourth-order valence-electron chi connectivity index (χ4n) is 0.891. The molecule has 0 radical (unpaired) electrons. The maximum absolute atomic E-state index is 11.1. The second-order valence-corrected chi connectivity index (χ2v) is 2.91. The van der Waals surface area contributed by atoms with Crippen molar-refractivity contribution in [3.05, 3.63) is 12.7 Å². The smallest absolute Gasteiger partial charge is 0.304 e. The molecule has 0 saturated heterocycles. The van der Waals surface area contributed by atoms with Crippen LogP contribution in [0.1, 0.15) is 26.7 Å². The number of esters is 1. The Bertz CT molecular complexity index is 273. The molecule has 5 nitrogen and oxygen atoms in total. The van der Waals surface area contributed by atoms with Crippen molar-refractivity contribution < 1.29 is 19.1 Å². The summed E-state index contributed by atoms with van der Waals surface area (Å²) in [5, 5.41) is 2.34. The molecule has 5 heteroatoms. The van der Waals surface area contributed by atoms with Crippen molar-refractivity contribution in [2.45, 2.75) is 32.9 Å². The number of amides is 1. The summed E-state index contributed by atoms with van der Waals surface area (Å²) in [6, 6.07) is 0. The first-order valence-electron chi connectivity index (χ1n) is 4.61. The van der Waals surface area contributed by atoms with Crippen molar-refractivity contribution in [2.75, 3.05) is 0 Å². The predicted octanol–water partition coefficient (Wildman–Crippen LogP) is 0.547. The van der Waals surface area contributed by atoms with Crippen LogP contribution < -0.4 is 5.32 Å². The Kier molecular flexibility index (Phi) is 6.01. The van der Waals surface area contributed by atoms with E-state index in [-0.39, 0.29) is 12.2 Å². The van der Waals surface area contributed by atoms with E-state index in [1.807, 2.05) is 0 Å². The van der Waals surface area contributed by atoms with Gasteiger partial charge in [0.2, 0.25) is 5.91 Å². The van der Waals surface area contributed by atoms with Gasteiger partial charge in [0, 0.05) is 13.3 Å². The van der Waals surface area contributed by atoms with Gasteiger partial charge in [-0.15, -0.1) is 0 Å². The molecule has 1 amide bonds. The summed E-state index contributed by atoms with van der Waals surface area (Å²) in [5.74, 6) is -1.12. The number of Topliss-reactive ketones (excluding diaryl/α,β-unsaturated/α-hetero) is 1. The Hall–Kier alpha value is -1.65.